The van der Waals surface area contributed by atoms with Crippen LogP contribution in [0.4, 0.5) is 10.2 Å². The Morgan fingerprint density at radius 3 is 2.83 bits per heavy atom. The normalized spacial score (nSPS) is 12.5. The van der Waals surface area contributed by atoms with Crippen molar-refractivity contribution in [3.05, 3.63) is 48.4 Å². The molecule has 0 radical (unpaired) electrons. The SMILES string of the molecule is CN(C[C@@H](O)CO)c1cc(-c2ccccc2F)nc2ccnn12. The summed E-state index contributed by atoms with van der Waals surface area (Å²) in [4.78, 5) is 6.17. The number of hydrogen-bond donors (Lipinski definition) is 2. The second-order valence-corrected chi connectivity index (χ2v) is 5.30. The van der Waals surface area contributed by atoms with E-state index >= 15 is 0 Å². The second-order valence-electron chi connectivity index (χ2n) is 5.30. The van der Waals surface area contributed by atoms with Crippen LogP contribution in [0.25, 0.3) is 16.9 Å². The van der Waals surface area contributed by atoms with Gasteiger partial charge in [-0.25, -0.2) is 9.37 Å². The highest BCUT2D eigenvalue weighted by Gasteiger charge is 2.15. The molecule has 0 fully saturated rings. The standard InChI is InChI=1S/C16H17FN4O2/c1-20(9-11(23)10-22)16-8-14(12-4-2-3-5-13(12)17)19-15-6-7-18-21(15)16/h2-8,11,22-23H,9-10H2,1H3/t11-/m1/s1. The highest BCUT2D eigenvalue weighted by atomic mass is 19.1. The Morgan fingerprint density at radius 2 is 2.09 bits per heavy atom. The van der Waals surface area contributed by atoms with Gasteiger partial charge in [-0.15, -0.1) is 0 Å². The first-order valence-electron chi connectivity index (χ1n) is 7.20. The molecule has 2 heterocycles. The average molecular weight is 316 g/mol. The molecule has 0 amide bonds. The van der Waals surface area contributed by atoms with E-state index in [2.05, 4.69) is 10.1 Å². The molecular formula is C16H17FN4O2. The van der Waals surface area contributed by atoms with E-state index in [0.29, 0.717) is 22.7 Å². The number of halogens is 1. The molecule has 23 heavy (non-hydrogen) atoms. The first kappa shape index (κ1) is 15.4. The van der Waals surface area contributed by atoms with Crippen LogP contribution in [0.2, 0.25) is 0 Å². The van der Waals surface area contributed by atoms with Gasteiger partial charge in [-0.05, 0) is 12.1 Å². The number of likely N-dealkylation sites (N-methyl/N-ethyl adjacent to an activating group) is 1. The molecule has 0 aliphatic rings. The van der Waals surface area contributed by atoms with Crippen LogP contribution >= 0.6 is 0 Å². The molecule has 0 spiro atoms. The predicted molar refractivity (Wildman–Crippen MR) is 84.7 cm³/mol. The number of aliphatic hydroxyl groups is 2. The molecule has 6 nitrogen and oxygen atoms in total. The molecule has 0 aliphatic heterocycles. The van der Waals surface area contributed by atoms with Gasteiger partial charge in [-0.2, -0.15) is 9.61 Å². The van der Waals surface area contributed by atoms with Crippen LogP contribution in [-0.4, -0.2) is 51.1 Å². The zero-order chi connectivity index (χ0) is 16.4. The number of nitrogens with zero attached hydrogens (tertiary/aromatic N) is 4. The fourth-order valence-corrected chi connectivity index (χ4v) is 2.44. The third kappa shape index (κ3) is 3.01. The van der Waals surface area contributed by atoms with Crippen molar-refractivity contribution in [2.45, 2.75) is 6.10 Å². The highest BCUT2D eigenvalue weighted by molar-refractivity contribution is 5.67. The van der Waals surface area contributed by atoms with Gasteiger partial charge in [0.2, 0.25) is 0 Å². The maximum atomic E-state index is 14.0. The van der Waals surface area contributed by atoms with Gasteiger partial charge < -0.3 is 15.1 Å². The van der Waals surface area contributed by atoms with E-state index in [1.54, 1.807) is 53.0 Å². The van der Waals surface area contributed by atoms with Crippen molar-refractivity contribution in [3.8, 4) is 11.3 Å². The van der Waals surface area contributed by atoms with E-state index in [1.807, 2.05) is 0 Å². The Morgan fingerprint density at radius 1 is 1.30 bits per heavy atom. The van der Waals surface area contributed by atoms with Gasteiger partial charge in [-0.1, -0.05) is 12.1 Å². The van der Waals surface area contributed by atoms with Gasteiger partial charge >= 0.3 is 0 Å². The van der Waals surface area contributed by atoms with E-state index in [1.165, 1.54) is 6.07 Å². The average Bonchev–Trinajstić information content (AvgIpc) is 3.02. The van der Waals surface area contributed by atoms with E-state index in [-0.39, 0.29) is 19.0 Å². The Balaban J connectivity index is 2.10. The van der Waals surface area contributed by atoms with Gasteiger partial charge in [0.05, 0.1) is 24.6 Å². The molecule has 7 heteroatoms. The molecule has 0 bridgehead atoms. The number of anilines is 1. The van der Waals surface area contributed by atoms with E-state index in [9.17, 15) is 9.50 Å². The third-order valence-electron chi connectivity index (χ3n) is 3.58. The molecule has 0 unspecified atom stereocenters. The van der Waals surface area contributed by atoms with Crippen LogP contribution in [0.3, 0.4) is 0 Å². The monoisotopic (exact) mass is 316 g/mol. The zero-order valence-corrected chi connectivity index (χ0v) is 12.6. The number of fused-ring (bicyclic) bond motifs is 1. The minimum Gasteiger partial charge on any atom is -0.394 e. The number of aromatic nitrogens is 3. The molecule has 2 aromatic heterocycles. The summed E-state index contributed by atoms with van der Waals surface area (Å²) in [6, 6.07) is 9.86. The van der Waals surface area contributed by atoms with Crippen molar-refractivity contribution < 1.29 is 14.6 Å². The molecule has 0 saturated carbocycles. The smallest absolute Gasteiger partial charge is 0.157 e. The lowest BCUT2D eigenvalue weighted by atomic mass is 10.1. The second kappa shape index (κ2) is 6.31. The van der Waals surface area contributed by atoms with Crippen LogP contribution in [0.5, 0.6) is 0 Å². The van der Waals surface area contributed by atoms with Crippen LogP contribution in [0.1, 0.15) is 0 Å². The van der Waals surface area contributed by atoms with E-state index < -0.39 is 6.10 Å². The maximum absolute atomic E-state index is 14.0. The minimum absolute atomic E-state index is 0.214. The molecule has 3 rings (SSSR count). The summed E-state index contributed by atoms with van der Waals surface area (Å²) < 4.78 is 15.7. The van der Waals surface area contributed by atoms with Crippen molar-refractivity contribution in [3.63, 3.8) is 0 Å². The molecule has 1 aromatic carbocycles. The van der Waals surface area contributed by atoms with Crippen LogP contribution in [0, 0.1) is 5.82 Å². The van der Waals surface area contributed by atoms with Crippen LogP contribution in [0.15, 0.2) is 42.6 Å². The first-order valence-corrected chi connectivity index (χ1v) is 7.20. The van der Waals surface area contributed by atoms with Crippen LogP contribution in [-0.2, 0) is 0 Å². The summed E-state index contributed by atoms with van der Waals surface area (Å²) >= 11 is 0. The lowest BCUT2D eigenvalue weighted by Gasteiger charge is -2.22. The molecule has 120 valence electrons. The van der Waals surface area contributed by atoms with Gasteiger partial charge in [0.15, 0.2) is 5.65 Å². The molecule has 2 N–H and O–H groups in total. The van der Waals surface area contributed by atoms with Crippen molar-refractivity contribution in [1.29, 1.82) is 0 Å². The molecular weight excluding hydrogens is 299 g/mol. The van der Waals surface area contributed by atoms with Crippen molar-refractivity contribution in [2.75, 3.05) is 25.1 Å². The largest absolute Gasteiger partial charge is 0.394 e. The number of benzene rings is 1. The Kier molecular flexibility index (Phi) is 4.22. The quantitative estimate of drug-likeness (QED) is 0.743. The van der Waals surface area contributed by atoms with Gasteiger partial charge in [0, 0.05) is 31.3 Å². The Labute approximate surface area is 132 Å². The summed E-state index contributed by atoms with van der Waals surface area (Å²) in [6.45, 7) is -0.121. The molecule has 0 saturated heterocycles. The Bertz CT molecular complexity index is 821. The zero-order valence-electron chi connectivity index (χ0n) is 12.6. The highest BCUT2D eigenvalue weighted by Crippen LogP contribution is 2.25. The lowest BCUT2D eigenvalue weighted by molar-refractivity contribution is 0.101. The van der Waals surface area contributed by atoms with E-state index in [0.717, 1.165) is 0 Å². The number of hydrogen-bond acceptors (Lipinski definition) is 5. The summed E-state index contributed by atoms with van der Waals surface area (Å²) in [5.41, 5.74) is 1.45. The van der Waals surface area contributed by atoms with Crippen molar-refractivity contribution in [2.24, 2.45) is 0 Å². The lowest BCUT2D eigenvalue weighted by Crippen LogP contribution is -2.32. The fourth-order valence-electron chi connectivity index (χ4n) is 2.44. The number of rotatable bonds is 5. The maximum Gasteiger partial charge on any atom is 0.157 e. The molecule has 0 aliphatic carbocycles. The summed E-state index contributed by atoms with van der Waals surface area (Å²) in [6.07, 6.45) is 0.725. The third-order valence-corrected chi connectivity index (χ3v) is 3.58. The van der Waals surface area contributed by atoms with Crippen molar-refractivity contribution >= 4 is 11.5 Å². The molecule has 3 aromatic rings. The topological polar surface area (TPSA) is 73.9 Å². The first-order chi connectivity index (χ1) is 11.1. The molecule has 1 atom stereocenters. The predicted octanol–water partition coefficient (Wildman–Crippen LogP) is 1.32. The summed E-state index contributed by atoms with van der Waals surface area (Å²) in [5, 5.41) is 22.9. The summed E-state index contributed by atoms with van der Waals surface area (Å²) in [7, 11) is 1.76. The van der Waals surface area contributed by atoms with E-state index in [4.69, 9.17) is 5.11 Å². The van der Waals surface area contributed by atoms with Gasteiger partial charge in [0.25, 0.3) is 0 Å². The van der Waals surface area contributed by atoms with Gasteiger partial charge in [-0.3, -0.25) is 0 Å². The fraction of sp³-hybridized carbons (Fsp3) is 0.250. The summed E-state index contributed by atoms with van der Waals surface area (Å²) in [5.74, 6) is 0.290. The van der Waals surface area contributed by atoms with Gasteiger partial charge in [0.1, 0.15) is 11.6 Å². The minimum atomic E-state index is -0.879. The van der Waals surface area contributed by atoms with Crippen molar-refractivity contribution in [1.82, 2.24) is 14.6 Å². The number of aliphatic hydroxyl groups excluding tert-OH is 2. The van der Waals surface area contributed by atoms with Crippen LogP contribution < -0.4 is 4.90 Å². The Hall–Kier alpha value is -2.51.